The van der Waals surface area contributed by atoms with Gasteiger partial charge >= 0.3 is 0 Å². The predicted molar refractivity (Wildman–Crippen MR) is 84.2 cm³/mol. The number of piperazine rings is 1. The lowest BCUT2D eigenvalue weighted by molar-refractivity contribution is 0.112. The van der Waals surface area contributed by atoms with E-state index in [9.17, 15) is 0 Å². The second kappa shape index (κ2) is 7.84. The Labute approximate surface area is 126 Å². The maximum Gasteiger partial charge on any atom is 0.0635 e. The van der Waals surface area contributed by atoms with E-state index in [1.165, 1.54) is 5.56 Å². The minimum Gasteiger partial charge on any atom is -0.398 e. The summed E-state index contributed by atoms with van der Waals surface area (Å²) in [4.78, 5) is 4.81. The quantitative estimate of drug-likeness (QED) is 0.781. The Bertz CT molecular complexity index is 420. The molecule has 20 heavy (non-hydrogen) atoms. The van der Waals surface area contributed by atoms with Crippen LogP contribution in [-0.4, -0.2) is 60.8 Å². The normalized spacial score (nSPS) is 17.5. The predicted octanol–water partition coefficient (Wildman–Crippen LogP) is 1.46. The van der Waals surface area contributed by atoms with Crippen LogP contribution < -0.4 is 5.73 Å². The zero-order valence-electron chi connectivity index (χ0n) is 11.9. The molecule has 0 atom stereocenters. The first kappa shape index (κ1) is 15.6. The maximum atomic E-state index is 8.92. The van der Waals surface area contributed by atoms with Crippen molar-refractivity contribution in [3.05, 3.63) is 28.8 Å². The summed E-state index contributed by atoms with van der Waals surface area (Å²) in [6.07, 6.45) is 2.18. The number of aryl methyl sites for hydroxylation is 1. The molecule has 0 spiro atoms. The van der Waals surface area contributed by atoms with E-state index in [1.54, 1.807) is 0 Å². The number of nitrogens with zero attached hydrogens (tertiary/aromatic N) is 2. The number of aliphatic hydroxyl groups is 1. The molecule has 1 fully saturated rings. The summed E-state index contributed by atoms with van der Waals surface area (Å²) in [5, 5.41) is 9.55. The van der Waals surface area contributed by atoms with Gasteiger partial charge in [0.1, 0.15) is 0 Å². The molecule has 112 valence electrons. The Hall–Kier alpha value is -0.810. The van der Waals surface area contributed by atoms with Gasteiger partial charge in [-0.15, -0.1) is 0 Å². The molecule has 0 aromatic heterocycles. The van der Waals surface area contributed by atoms with Gasteiger partial charge in [-0.1, -0.05) is 17.7 Å². The van der Waals surface area contributed by atoms with E-state index in [2.05, 4.69) is 15.9 Å². The molecule has 0 bridgehead atoms. The Morgan fingerprint density at radius 2 is 1.75 bits per heavy atom. The number of anilines is 1. The van der Waals surface area contributed by atoms with Gasteiger partial charge < -0.3 is 15.7 Å². The van der Waals surface area contributed by atoms with Crippen molar-refractivity contribution in [3.63, 3.8) is 0 Å². The van der Waals surface area contributed by atoms with Crippen LogP contribution >= 0.6 is 11.6 Å². The number of nitrogen functional groups attached to an aromatic ring is 1. The molecular formula is C15H24ClN3O. The molecule has 3 N–H and O–H groups in total. The summed E-state index contributed by atoms with van der Waals surface area (Å²) in [5.41, 5.74) is 7.73. The van der Waals surface area contributed by atoms with Crippen molar-refractivity contribution < 1.29 is 5.11 Å². The molecule has 0 unspecified atom stereocenters. The van der Waals surface area contributed by atoms with E-state index in [-0.39, 0.29) is 6.61 Å². The number of nitrogens with two attached hydrogens (primary N) is 1. The molecule has 1 aromatic rings. The third-order valence-corrected chi connectivity index (χ3v) is 4.23. The van der Waals surface area contributed by atoms with Crippen LogP contribution in [0.5, 0.6) is 0 Å². The molecule has 5 heteroatoms. The summed E-state index contributed by atoms with van der Waals surface area (Å²) in [7, 11) is 0. The number of hydrogen-bond acceptors (Lipinski definition) is 4. The average molecular weight is 298 g/mol. The first-order chi connectivity index (χ1) is 9.69. The molecule has 0 amide bonds. The van der Waals surface area contributed by atoms with Crippen molar-refractivity contribution in [1.82, 2.24) is 9.80 Å². The highest BCUT2D eigenvalue weighted by Gasteiger charge is 2.15. The largest absolute Gasteiger partial charge is 0.398 e. The third kappa shape index (κ3) is 4.63. The minimum absolute atomic E-state index is 0.262. The van der Waals surface area contributed by atoms with Gasteiger partial charge in [-0.25, -0.2) is 0 Å². The molecule has 1 aliphatic rings. The van der Waals surface area contributed by atoms with Gasteiger partial charge in [0, 0.05) is 32.7 Å². The van der Waals surface area contributed by atoms with Crippen LogP contribution in [0.2, 0.25) is 5.02 Å². The Morgan fingerprint density at radius 1 is 1.10 bits per heavy atom. The SMILES string of the molecule is Nc1cc(CCCN2CCN(CCO)CC2)ccc1Cl. The fraction of sp³-hybridized carbons (Fsp3) is 0.600. The highest BCUT2D eigenvalue weighted by atomic mass is 35.5. The Kier molecular flexibility index (Phi) is 6.10. The topological polar surface area (TPSA) is 52.7 Å². The number of aliphatic hydroxyl groups excluding tert-OH is 1. The summed E-state index contributed by atoms with van der Waals surface area (Å²) >= 11 is 5.92. The summed E-state index contributed by atoms with van der Waals surface area (Å²) < 4.78 is 0. The number of halogens is 1. The van der Waals surface area contributed by atoms with Gasteiger partial charge in [0.2, 0.25) is 0 Å². The molecule has 1 aliphatic heterocycles. The van der Waals surface area contributed by atoms with Gasteiger partial charge in [0.15, 0.2) is 0 Å². The molecule has 0 saturated carbocycles. The van der Waals surface area contributed by atoms with Crippen LogP contribution in [0.15, 0.2) is 18.2 Å². The van der Waals surface area contributed by atoms with Crippen LogP contribution in [0.25, 0.3) is 0 Å². The first-order valence-corrected chi connectivity index (χ1v) is 7.66. The van der Waals surface area contributed by atoms with Crippen LogP contribution in [0.4, 0.5) is 5.69 Å². The van der Waals surface area contributed by atoms with Crippen molar-refractivity contribution in [2.24, 2.45) is 0 Å². The lowest BCUT2D eigenvalue weighted by atomic mass is 10.1. The number of β-amino-alcohol motifs (C(OH)–C–C–N with tert-alkyl or cyclic N) is 1. The number of rotatable bonds is 6. The van der Waals surface area contributed by atoms with Crippen LogP contribution in [0.3, 0.4) is 0 Å². The Balaban J connectivity index is 1.67. The highest BCUT2D eigenvalue weighted by Crippen LogP contribution is 2.20. The smallest absolute Gasteiger partial charge is 0.0635 e. The van der Waals surface area contributed by atoms with Crippen LogP contribution in [0, 0.1) is 0 Å². The molecule has 1 aromatic carbocycles. The number of hydrogen-bond donors (Lipinski definition) is 2. The molecule has 1 saturated heterocycles. The summed E-state index contributed by atoms with van der Waals surface area (Å²) in [5.74, 6) is 0. The second-order valence-corrected chi connectivity index (χ2v) is 5.77. The molecule has 1 heterocycles. The third-order valence-electron chi connectivity index (χ3n) is 3.88. The minimum atomic E-state index is 0.262. The van der Waals surface area contributed by atoms with Crippen molar-refractivity contribution >= 4 is 17.3 Å². The monoisotopic (exact) mass is 297 g/mol. The lowest BCUT2D eigenvalue weighted by Crippen LogP contribution is -2.47. The van der Waals surface area contributed by atoms with Gasteiger partial charge in [0.05, 0.1) is 17.3 Å². The van der Waals surface area contributed by atoms with E-state index >= 15 is 0 Å². The standard InChI is InChI=1S/C15H24ClN3O/c16-14-4-3-13(12-15(14)17)2-1-5-18-6-8-19(9-7-18)10-11-20/h3-4,12,20H,1-2,5-11,17H2. The van der Waals surface area contributed by atoms with Crippen molar-refractivity contribution in [2.45, 2.75) is 12.8 Å². The van der Waals surface area contributed by atoms with Gasteiger partial charge in [-0.3, -0.25) is 4.90 Å². The zero-order chi connectivity index (χ0) is 14.4. The zero-order valence-corrected chi connectivity index (χ0v) is 12.6. The van der Waals surface area contributed by atoms with Crippen molar-refractivity contribution in [3.8, 4) is 0 Å². The fourth-order valence-electron chi connectivity index (χ4n) is 2.63. The summed E-state index contributed by atoms with van der Waals surface area (Å²) in [6.45, 7) is 6.51. The van der Waals surface area contributed by atoms with Crippen molar-refractivity contribution in [1.29, 1.82) is 0 Å². The van der Waals surface area contributed by atoms with Gasteiger partial charge in [-0.05, 0) is 37.1 Å². The molecule has 4 nitrogen and oxygen atoms in total. The fourth-order valence-corrected chi connectivity index (χ4v) is 2.75. The van der Waals surface area contributed by atoms with E-state index < -0.39 is 0 Å². The Morgan fingerprint density at radius 3 is 2.35 bits per heavy atom. The second-order valence-electron chi connectivity index (χ2n) is 5.37. The highest BCUT2D eigenvalue weighted by molar-refractivity contribution is 6.33. The maximum absolute atomic E-state index is 8.92. The van der Waals surface area contributed by atoms with Gasteiger partial charge in [0.25, 0.3) is 0 Å². The molecule has 0 aliphatic carbocycles. The van der Waals surface area contributed by atoms with E-state index in [4.69, 9.17) is 22.4 Å². The number of benzene rings is 1. The lowest BCUT2D eigenvalue weighted by Gasteiger charge is -2.34. The van der Waals surface area contributed by atoms with Crippen molar-refractivity contribution in [2.75, 3.05) is 51.6 Å². The summed E-state index contributed by atoms with van der Waals surface area (Å²) in [6, 6.07) is 5.90. The van der Waals surface area contributed by atoms with E-state index in [0.717, 1.165) is 52.1 Å². The average Bonchev–Trinajstić information content (AvgIpc) is 2.45. The van der Waals surface area contributed by atoms with Gasteiger partial charge in [-0.2, -0.15) is 0 Å². The first-order valence-electron chi connectivity index (χ1n) is 7.28. The van der Waals surface area contributed by atoms with E-state index in [1.807, 2.05) is 12.1 Å². The van der Waals surface area contributed by atoms with Crippen LogP contribution in [0.1, 0.15) is 12.0 Å². The molecule has 2 rings (SSSR count). The van der Waals surface area contributed by atoms with E-state index in [0.29, 0.717) is 10.7 Å². The molecule has 0 radical (unpaired) electrons. The molecular weight excluding hydrogens is 274 g/mol. The van der Waals surface area contributed by atoms with Crippen LogP contribution in [-0.2, 0) is 6.42 Å².